The molecule has 0 bridgehead atoms. The number of H-pyrrole nitrogens is 1. The third kappa shape index (κ3) is 3.57. The zero-order chi connectivity index (χ0) is 18.5. The molecule has 1 N–H and O–H groups in total. The van der Waals surface area contributed by atoms with Gasteiger partial charge in [-0.25, -0.2) is 0 Å². The maximum absolute atomic E-state index is 5.76. The summed E-state index contributed by atoms with van der Waals surface area (Å²) in [5.41, 5.74) is 3.36. The Morgan fingerprint density at radius 3 is 2.38 bits per heavy atom. The summed E-state index contributed by atoms with van der Waals surface area (Å²) in [6.45, 7) is 6.29. The number of nitrogens with zero attached hydrogens (tertiary/aromatic N) is 1. The fourth-order valence-corrected chi connectivity index (χ4v) is 3.17. The van der Waals surface area contributed by atoms with Gasteiger partial charge in [0.1, 0.15) is 0 Å². The van der Waals surface area contributed by atoms with Gasteiger partial charge in [-0.3, -0.25) is 0 Å². The zero-order valence-corrected chi connectivity index (χ0v) is 15.8. The van der Waals surface area contributed by atoms with Crippen LogP contribution in [0.3, 0.4) is 0 Å². The molecule has 0 aliphatic carbocycles. The van der Waals surface area contributed by atoms with Crippen LogP contribution in [0.15, 0.2) is 42.5 Å². The van der Waals surface area contributed by atoms with E-state index in [0.29, 0.717) is 23.9 Å². The molecule has 5 nitrogen and oxygen atoms in total. The Morgan fingerprint density at radius 1 is 0.962 bits per heavy atom. The summed E-state index contributed by atoms with van der Waals surface area (Å²) in [7, 11) is 3.27. The number of para-hydroxylation sites is 1. The number of anilines is 1. The number of hydrogen-bond acceptors (Lipinski definition) is 4. The molecule has 3 aromatic rings. The quantitative estimate of drug-likeness (QED) is 0.642. The van der Waals surface area contributed by atoms with E-state index in [1.165, 1.54) is 11.1 Å². The van der Waals surface area contributed by atoms with E-state index in [1.807, 2.05) is 25.1 Å². The Kier molecular flexibility index (Phi) is 5.56. The molecule has 0 fully saturated rings. The number of benzene rings is 2. The van der Waals surface area contributed by atoms with E-state index in [-0.39, 0.29) is 0 Å². The number of hydrogen-bond donors (Lipinski definition) is 1. The monoisotopic (exact) mass is 354 g/mol. The number of fused-ring (bicyclic) bond motifs is 1. The molecular weight excluding hydrogens is 328 g/mol. The highest BCUT2D eigenvalue weighted by Crippen LogP contribution is 2.41. The van der Waals surface area contributed by atoms with Crippen LogP contribution < -0.4 is 19.1 Å². The van der Waals surface area contributed by atoms with E-state index in [1.54, 1.807) is 14.2 Å². The standard InChI is InChI=1S/C21H26N2O3/c1-5-23(14-16-11-15-9-7-8-10-18(15)22-16)17-12-19(24-3)21(25-4)20(13-17)26-6-2/h7-13,22H,5-6,14H2,1-4H3. The Hall–Kier alpha value is -2.82. The van der Waals surface area contributed by atoms with Gasteiger partial charge in [0.25, 0.3) is 0 Å². The van der Waals surface area contributed by atoms with Crippen LogP contribution in [-0.2, 0) is 6.54 Å². The lowest BCUT2D eigenvalue weighted by Gasteiger charge is -2.25. The maximum atomic E-state index is 5.76. The van der Waals surface area contributed by atoms with Gasteiger partial charge in [0.15, 0.2) is 11.5 Å². The Balaban J connectivity index is 1.94. The third-order valence-electron chi connectivity index (χ3n) is 4.42. The molecule has 0 aliphatic heterocycles. The molecule has 138 valence electrons. The van der Waals surface area contributed by atoms with E-state index < -0.39 is 0 Å². The summed E-state index contributed by atoms with van der Waals surface area (Å²) in [6, 6.07) is 14.5. The van der Waals surface area contributed by atoms with Crippen molar-refractivity contribution < 1.29 is 14.2 Å². The molecule has 0 amide bonds. The molecule has 1 aromatic heterocycles. The van der Waals surface area contributed by atoms with Gasteiger partial charge < -0.3 is 24.1 Å². The molecule has 5 heteroatoms. The summed E-state index contributed by atoms with van der Waals surface area (Å²) < 4.78 is 16.8. The summed E-state index contributed by atoms with van der Waals surface area (Å²) >= 11 is 0. The van der Waals surface area contributed by atoms with Crippen LogP contribution in [-0.4, -0.2) is 32.4 Å². The van der Waals surface area contributed by atoms with E-state index in [0.717, 1.165) is 24.3 Å². The summed E-state index contributed by atoms with van der Waals surface area (Å²) in [5.74, 6) is 1.99. The van der Waals surface area contributed by atoms with Gasteiger partial charge in [-0.1, -0.05) is 18.2 Å². The van der Waals surface area contributed by atoms with Crippen molar-refractivity contribution in [2.45, 2.75) is 20.4 Å². The lowest BCUT2D eigenvalue weighted by atomic mass is 10.2. The fourth-order valence-electron chi connectivity index (χ4n) is 3.17. The van der Waals surface area contributed by atoms with E-state index in [4.69, 9.17) is 14.2 Å². The first-order chi connectivity index (χ1) is 12.7. The molecule has 0 atom stereocenters. The molecule has 26 heavy (non-hydrogen) atoms. The highest BCUT2D eigenvalue weighted by Gasteiger charge is 2.17. The predicted molar refractivity (Wildman–Crippen MR) is 106 cm³/mol. The Morgan fingerprint density at radius 2 is 1.73 bits per heavy atom. The van der Waals surface area contributed by atoms with Crippen LogP contribution in [0.5, 0.6) is 17.2 Å². The van der Waals surface area contributed by atoms with Crippen LogP contribution in [0.1, 0.15) is 19.5 Å². The Labute approximate surface area is 154 Å². The molecule has 0 unspecified atom stereocenters. The van der Waals surface area contributed by atoms with E-state index >= 15 is 0 Å². The topological polar surface area (TPSA) is 46.7 Å². The van der Waals surface area contributed by atoms with E-state index in [9.17, 15) is 0 Å². The van der Waals surface area contributed by atoms with Gasteiger partial charge in [-0.05, 0) is 31.4 Å². The lowest BCUT2D eigenvalue weighted by molar-refractivity contribution is 0.296. The molecule has 0 radical (unpaired) electrons. The van der Waals surface area contributed by atoms with E-state index in [2.05, 4.69) is 41.1 Å². The average Bonchev–Trinajstić information content (AvgIpc) is 3.08. The second-order valence-corrected chi connectivity index (χ2v) is 6.01. The van der Waals surface area contributed by atoms with Crippen molar-refractivity contribution in [3.05, 3.63) is 48.2 Å². The van der Waals surface area contributed by atoms with Crippen molar-refractivity contribution in [1.29, 1.82) is 0 Å². The minimum atomic E-state index is 0.567. The van der Waals surface area contributed by atoms with Crippen LogP contribution in [0.2, 0.25) is 0 Å². The van der Waals surface area contributed by atoms with Crippen LogP contribution in [0, 0.1) is 0 Å². The average molecular weight is 354 g/mol. The van der Waals surface area contributed by atoms with Gasteiger partial charge in [0, 0.05) is 35.6 Å². The molecule has 0 spiro atoms. The fraction of sp³-hybridized carbons (Fsp3) is 0.333. The molecule has 1 heterocycles. The lowest BCUT2D eigenvalue weighted by Crippen LogP contribution is -2.22. The van der Waals surface area contributed by atoms with Crippen molar-refractivity contribution in [1.82, 2.24) is 4.98 Å². The molecular formula is C21H26N2O3. The second kappa shape index (κ2) is 8.04. The zero-order valence-electron chi connectivity index (χ0n) is 15.8. The van der Waals surface area contributed by atoms with Gasteiger partial charge in [0.05, 0.1) is 27.4 Å². The normalized spacial score (nSPS) is 10.8. The van der Waals surface area contributed by atoms with Gasteiger partial charge in [-0.15, -0.1) is 0 Å². The molecule has 2 aromatic carbocycles. The summed E-state index contributed by atoms with van der Waals surface area (Å²) in [6.07, 6.45) is 0. The number of nitrogens with one attached hydrogen (secondary N) is 1. The van der Waals surface area contributed by atoms with Gasteiger partial charge in [-0.2, -0.15) is 0 Å². The maximum Gasteiger partial charge on any atom is 0.203 e. The van der Waals surface area contributed by atoms with Crippen molar-refractivity contribution in [3.63, 3.8) is 0 Å². The van der Waals surface area contributed by atoms with Gasteiger partial charge >= 0.3 is 0 Å². The van der Waals surface area contributed by atoms with Crippen molar-refractivity contribution in [2.75, 3.05) is 32.3 Å². The minimum Gasteiger partial charge on any atom is -0.493 e. The number of methoxy groups -OCH3 is 2. The first-order valence-electron chi connectivity index (χ1n) is 8.90. The summed E-state index contributed by atoms with van der Waals surface area (Å²) in [4.78, 5) is 5.77. The van der Waals surface area contributed by atoms with Crippen LogP contribution >= 0.6 is 0 Å². The SMILES string of the molecule is CCOc1cc(N(CC)Cc2cc3ccccc3[nH]2)cc(OC)c1OC. The second-order valence-electron chi connectivity index (χ2n) is 6.01. The third-order valence-corrected chi connectivity index (χ3v) is 4.42. The minimum absolute atomic E-state index is 0.567. The van der Waals surface area contributed by atoms with Crippen molar-refractivity contribution in [3.8, 4) is 17.2 Å². The smallest absolute Gasteiger partial charge is 0.203 e. The number of aromatic nitrogens is 1. The molecule has 0 saturated heterocycles. The molecule has 0 aliphatic rings. The summed E-state index contributed by atoms with van der Waals surface area (Å²) in [5, 5.41) is 1.22. The van der Waals surface area contributed by atoms with Crippen LogP contribution in [0.25, 0.3) is 10.9 Å². The number of aromatic amines is 1. The molecule has 3 rings (SSSR count). The highest BCUT2D eigenvalue weighted by atomic mass is 16.5. The number of ether oxygens (including phenoxy) is 3. The van der Waals surface area contributed by atoms with Crippen LogP contribution in [0.4, 0.5) is 5.69 Å². The largest absolute Gasteiger partial charge is 0.493 e. The van der Waals surface area contributed by atoms with Crippen molar-refractivity contribution in [2.24, 2.45) is 0 Å². The first-order valence-corrected chi connectivity index (χ1v) is 8.90. The first kappa shape index (κ1) is 18.0. The Bertz CT molecular complexity index is 840. The van der Waals surface area contributed by atoms with Crippen molar-refractivity contribution >= 4 is 16.6 Å². The highest BCUT2D eigenvalue weighted by molar-refractivity contribution is 5.80. The predicted octanol–water partition coefficient (Wildman–Crippen LogP) is 4.61. The molecule has 0 saturated carbocycles. The van der Waals surface area contributed by atoms with Gasteiger partial charge in [0.2, 0.25) is 5.75 Å². The number of rotatable bonds is 8.